The van der Waals surface area contributed by atoms with E-state index in [-0.39, 0.29) is 30.0 Å². The van der Waals surface area contributed by atoms with Crippen molar-refractivity contribution in [2.45, 2.75) is 32.2 Å². The van der Waals surface area contributed by atoms with Gasteiger partial charge in [-0.3, -0.25) is 14.4 Å². The molecule has 6 nitrogen and oxygen atoms in total. The average Bonchev–Trinajstić information content (AvgIpc) is 2.70. The Hall–Kier alpha value is -1.24. The summed E-state index contributed by atoms with van der Waals surface area (Å²) in [7, 11) is 0. The number of carbonyl (C=O) groups is 3. The van der Waals surface area contributed by atoms with Gasteiger partial charge in [0.25, 0.3) is 5.24 Å². The highest BCUT2D eigenvalue weighted by Gasteiger charge is 2.22. The summed E-state index contributed by atoms with van der Waals surface area (Å²) in [6.45, 7) is 2.92. The Morgan fingerprint density at radius 3 is 2.78 bits per heavy atom. The van der Waals surface area contributed by atoms with E-state index in [4.69, 9.17) is 5.11 Å². The summed E-state index contributed by atoms with van der Waals surface area (Å²) in [6.07, 6.45) is 0.736. The molecule has 1 aliphatic heterocycles. The van der Waals surface area contributed by atoms with Crippen LogP contribution in [0.25, 0.3) is 0 Å². The first-order chi connectivity index (χ1) is 8.52. The molecule has 2 N–H and O–H groups in total. The lowest BCUT2D eigenvalue weighted by Crippen LogP contribution is -2.38. The van der Waals surface area contributed by atoms with Crippen LogP contribution >= 0.6 is 11.8 Å². The molecule has 1 fully saturated rings. The summed E-state index contributed by atoms with van der Waals surface area (Å²) in [6, 6.07) is -0.335. The predicted molar refractivity (Wildman–Crippen MR) is 68.5 cm³/mol. The molecular formula is C11H18N2O4S. The molecule has 1 unspecified atom stereocenters. The SMILES string of the molecule is CCC(CC(=O)O)NC(=O)CCN1CCSC1=O. The molecule has 1 aliphatic rings. The summed E-state index contributed by atoms with van der Waals surface area (Å²) >= 11 is 1.26. The molecule has 0 spiro atoms. The van der Waals surface area contributed by atoms with E-state index in [0.29, 0.717) is 19.5 Å². The van der Waals surface area contributed by atoms with Crippen molar-refractivity contribution in [3.05, 3.63) is 0 Å². The molecule has 0 aromatic heterocycles. The van der Waals surface area contributed by atoms with Crippen LogP contribution in [0.4, 0.5) is 4.79 Å². The zero-order chi connectivity index (χ0) is 13.5. The number of amides is 2. The van der Waals surface area contributed by atoms with E-state index in [1.54, 1.807) is 4.90 Å². The number of thioether (sulfide) groups is 1. The van der Waals surface area contributed by atoms with Gasteiger partial charge in [-0.15, -0.1) is 0 Å². The molecule has 0 bridgehead atoms. The van der Waals surface area contributed by atoms with Crippen molar-refractivity contribution in [3.63, 3.8) is 0 Å². The molecule has 0 aromatic carbocycles. The van der Waals surface area contributed by atoms with E-state index in [9.17, 15) is 14.4 Å². The third-order valence-electron chi connectivity index (χ3n) is 2.73. The van der Waals surface area contributed by atoms with Gasteiger partial charge in [0.05, 0.1) is 6.42 Å². The van der Waals surface area contributed by atoms with Gasteiger partial charge < -0.3 is 15.3 Å². The summed E-state index contributed by atoms with van der Waals surface area (Å²) in [5.74, 6) is -0.349. The van der Waals surface area contributed by atoms with Crippen molar-refractivity contribution in [1.82, 2.24) is 10.2 Å². The molecule has 18 heavy (non-hydrogen) atoms. The van der Waals surface area contributed by atoms with Crippen molar-refractivity contribution in [1.29, 1.82) is 0 Å². The molecule has 2 amide bonds. The minimum Gasteiger partial charge on any atom is -0.481 e. The lowest BCUT2D eigenvalue weighted by molar-refractivity contribution is -0.137. The number of hydrogen-bond donors (Lipinski definition) is 2. The van der Waals surface area contributed by atoms with Crippen LogP contribution in [0.15, 0.2) is 0 Å². The Morgan fingerprint density at radius 1 is 1.56 bits per heavy atom. The Balaban J connectivity index is 2.27. The van der Waals surface area contributed by atoms with Gasteiger partial charge in [-0.1, -0.05) is 18.7 Å². The van der Waals surface area contributed by atoms with Crippen molar-refractivity contribution in [2.75, 3.05) is 18.8 Å². The molecule has 0 saturated carbocycles. The van der Waals surface area contributed by atoms with Gasteiger partial charge in [-0.25, -0.2) is 0 Å². The Bertz CT molecular complexity index is 335. The van der Waals surface area contributed by atoms with Crippen molar-refractivity contribution in [2.24, 2.45) is 0 Å². The second-order valence-electron chi connectivity index (χ2n) is 4.12. The number of hydrogen-bond acceptors (Lipinski definition) is 4. The van der Waals surface area contributed by atoms with Gasteiger partial charge in [0, 0.05) is 31.3 Å². The molecule has 1 heterocycles. The molecule has 1 rings (SSSR count). The third-order valence-corrected chi connectivity index (χ3v) is 3.62. The molecule has 0 aliphatic carbocycles. The number of nitrogens with zero attached hydrogens (tertiary/aromatic N) is 1. The van der Waals surface area contributed by atoms with Gasteiger partial charge in [0.1, 0.15) is 0 Å². The number of nitrogens with one attached hydrogen (secondary N) is 1. The smallest absolute Gasteiger partial charge is 0.305 e. The first kappa shape index (κ1) is 14.8. The number of rotatable bonds is 7. The van der Waals surface area contributed by atoms with E-state index in [0.717, 1.165) is 5.75 Å². The molecule has 1 saturated heterocycles. The highest BCUT2D eigenvalue weighted by atomic mass is 32.2. The first-order valence-corrected chi connectivity index (χ1v) is 6.94. The minimum atomic E-state index is -0.923. The molecule has 7 heteroatoms. The Morgan fingerprint density at radius 2 is 2.28 bits per heavy atom. The lowest BCUT2D eigenvalue weighted by atomic mass is 10.1. The fraction of sp³-hybridized carbons (Fsp3) is 0.727. The highest BCUT2D eigenvalue weighted by Crippen LogP contribution is 2.16. The van der Waals surface area contributed by atoms with Crippen LogP contribution in [0, 0.1) is 0 Å². The topological polar surface area (TPSA) is 86.7 Å². The van der Waals surface area contributed by atoms with Gasteiger partial charge in [-0.2, -0.15) is 0 Å². The summed E-state index contributed by atoms with van der Waals surface area (Å²) in [5, 5.41) is 11.3. The third kappa shape index (κ3) is 4.95. The van der Waals surface area contributed by atoms with Gasteiger partial charge in [0.15, 0.2) is 0 Å². The van der Waals surface area contributed by atoms with Gasteiger partial charge in [-0.05, 0) is 6.42 Å². The van der Waals surface area contributed by atoms with E-state index >= 15 is 0 Å². The summed E-state index contributed by atoms with van der Waals surface area (Å²) in [5.41, 5.74) is 0. The number of aliphatic carboxylic acids is 1. The molecule has 0 aromatic rings. The van der Waals surface area contributed by atoms with Crippen LogP contribution in [0.1, 0.15) is 26.2 Å². The summed E-state index contributed by atoms with van der Waals surface area (Å²) < 4.78 is 0. The Kier molecular flexibility index (Phi) is 5.97. The second kappa shape index (κ2) is 7.25. The van der Waals surface area contributed by atoms with Gasteiger partial charge >= 0.3 is 5.97 Å². The molecule has 1 atom stereocenters. The van der Waals surface area contributed by atoms with E-state index in [1.807, 2.05) is 6.92 Å². The second-order valence-corrected chi connectivity index (χ2v) is 5.17. The highest BCUT2D eigenvalue weighted by molar-refractivity contribution is 8.13. The standard InChI is InChI=1S/C11H18N2O4S/c1-2-8(7-10(15)16)12-9(14)3-4-13-5-6-18-11(13)17/h8H,2-7H2,1H3,(H,12,14)(H,15,16). The summed E-state index contributed by atoms with van der Waals surface area (Å²) in [4.78, 5) is 35.1. The van der Waals surface area contributed by atoms with Crippen LogP contribution in [-0.4, -0.2) is 52.0 Å². The predicted octanol–water partition coefficient (Wildman–Crippen LogP) is 0.915. The number of carbonyl (C=O) groups excluding carboxylic acids is 2. The molecule has 0 radical (unpaired) electrons. The molecule has 102 valence electrons. The van der Waals surface area contributed by atoms with E-state index in [1.165, 1.54) is 11.8 Å². The minimum absolute atomic E-state index is 0.0142. The lowest BCUT2D eigenvalue weighted by Gasteiger charge is -2.17. The zero-order valence-electron chi connectivity index (χ0n) is 10.3. The van der Waals surface area contributed by atoms with Crippen molar-refractivity contribution in [3.8, 4) is 0 Å². The average molecular weight is 274 g/mol. The van der Waals surface area contributed by atoms with E-state index < -0.39 is 5.97 Å². The maximum Gasteiger partial charge on any atom is 0.305 e. The largest absolute Gasteiger partial charge is 0.481 e. The van der Waals surface area contributed by atoms with Crippen molar-refractivity contribution >= 4 is 28.9 Å². The number of carboxylic acid groups (broad SMARTS) is 1. The Labute approximate surface area is 110 Å². The normalized spacial score (nSPS) is 16.7. The zero-order valence-corrected chi connectivity index (χ0v) is 11.2. The van der Waals surface area contributed by atoms with Crippen LogP contribution in [0.5, 0.6) is 0 Å². The van der Waals surface area contributed by atoms with Crippen LogP contribution < -0.4 is 5.32 Å². The van der Waals surface area contributed by atoms with Crippen LogP contribution in [0.2, 0.25) is 0 Å². The quantitative estimate of drug-likeness (QED) is 0.720. The fourth-order valence-electron chi connectivity index (χ4n) is 1.67. The fourth-order valence-corrected chi connectivity index (χ4v) is 2.52. The maximum atomic E-state index is 11.6. The van der Waals surface area contributed by atoms with Gasteiger partial charge in [0.2, 0.25) is 5.91 Å². The van der Waals surface area contributed by atoms with Crippen molar-refractivity contribution < 1.29 is 19.5 Å². The number of carboxylic acids is 1. The van der Waals surface area contributed by atoms with E-state index in [2.05, 4.69) is 5.32 Å². The monoisotopic (exact) mass is 274 g/mol. The van der Waals surface area contributed by atoms with Crippen LogP contribution in [-0.2, 0) is 9.59 Å². The molecular weight excluding hydrogens is 256 g/mol. The van der Waals surface area contributed by atoms with Crippen LogP contribution in [0.3, 0.4) is 0 Å². The first-order valence-electron chi connectivity index (χ1n) is 5.95. The maximum absolute atomic E-state index is 11.6.